The Hall–Kier alpha value is -1.85. The molecule has 0 radical (unpaired) electrons. The monoisotopic (exact) mass is 278 g/mol. The van der Waals surface area contributed by atoms with Gasteiger partial charge in [0, 0.05) is 30.9 Å². The van der Waals surface area contributed by atoms with Crippen LogP contribution in [0.4, 0.5) is 5.82 Å². The van der Waals surface area contributed by atoms with Crippen LogP contribution in [0.25, 0.3) is 0 Å². The minimum Gasteiger partial charge on any atom is -0.369 e. The van der Waals surface area contributed by atoms with Crippen molar-refractivity contribution in [3.05, 3.63) is 22.7 Å². The number of hydrogen-bond donors (Lipinski definition) is 2. The number of hydrogen-bond acceptors (Lipinski definition) is 4. The molecule has 1 aromatic rings. The molecule has 0 bridgehead atoms. The van der Waals surface area contributed by atoms with Crippen LogP contribution in [0, 0.1) is 5.92 Å². The molecule has 0 aromatic carbocycles. The van der Waals surface area contributed by atoms with E-state index in [-0.39, 0.29) is 23.4 Å². The molecule has 0 atom stereocenters. The molecule has 20 heavy (non-hydrogen) atoms. The Bertz CT molecular complexity index is 518. The maximum absolute atomic E-state index is 12.2. The van der Waals surface area contributed by atoms with Crippen molar-refractivity contribution in [1.29, 1.82) is 0 Å². The second kappa shape index (κ2) is 6.54. The van der Waals surface area contributed by atoms with E-state index in [1.54, 1.807) is 17.0 Å². The molecule has 0 aliphatic heterocycles. The fourth-order valence-corrected chi connectivity index (χ4v) is 2.68. The molecule has 6 heteroatoms. The highest BCUT2D eigenvalue weighted by atomic mass is 16.1. The van der Waals surface area contributed by atoms with E-state index in [1.807, 2.05) is 6.92 Å². The van der Waals surface area contributed by atoms with Crippen molar-refractivity contribution in [3.8, 4) is 0 Å². The lowest BCUT2D eigenvalue weighted by Crippen LogP contribution is -2.35. The second-order valence-electron chi connectivity index (χ2n) is 5.37. The normalized spacial score (nSPS) is 22.4. The van der Waals surface area contributed by atoms with Crippen molar-refractivity contribution >= 4 is 11.7 Å². The van der Waals surface area contributed by atoms with Gasteiger partial charge in [0.1, 0.15) is 0 Å². The average Bonchev–Trinajstić information content (AvgIpc) is 2.44. The van der Waals surface area contributed by atoms with E-state index in [0.717, 1.165) is 32.1 Å². The Morgan fingerprint density at radius 3 is 2.75 bits per heavy atom. The molecule has 1 aliphatic rings. The van der Waals surface area contributed by atoms with Gasteiger partial charge in [-0.2, -0.15) is 0 Å². The lowest BCUT2D eigenvalue weighted by atomic mass is 9.85. The number of nitrogens with one attached hydrogen (secondary N) is 1. The van der Waals surface area contributed by atoms with E-state index >= 15 is 0 Å². The summed E-state index contributed by atoms with van der Waals surface area (Å²) >= 11 is 0. The highest BCUT2D eigenvalue weighted by molar-refractivity contribution is 5.76. The van der Waals surface area contributed by atoms with Gasteiger partial charge in [0.2, 0.25) is 5.91 Å². The summed E-state index contributed by atoms with van der Waals surface area (Å²) in [6.45, 7) is 2.73. The number of carbonyl (C=O) groups excluding carboxylic acids is 1. The Labute approximate surface area is 118 Å². The summed E-state index contributed by atoms with van der Waals surface area (Å²) in [5.41, 5.74) is 5.24. The van der Waals surface area contributed by atoms with Gasteiger partial charge >= 0.3 is 0 Å². The molecule has 2 rings (SSSR count). The van der Waals surface area contributed by atoms with Crippen LogP contribution in [0.2, 0.25) is 0 Å². The van der Waals surface area contributed by atoms with Crippen LogP contribution in [-0.2, 0) is 11.3 Å². The number of amides is 1. The Morgan fingerprint density at radius 2 is 2.15 bits per heavy atom. The Morgan fingerprint density at radius 1 is 1.45 bits per heavy atom. The molecule has 0 spiro atoms. The molecule has 0 saturated heterocycles. The highest BCUT2D eigenvalue weighted by Crippen LogP contribution is 2.25. The van der Waals surface area contributed by atoms with Gasteiger partial charge in [0.15, 0.2) is 5.82 Å². The predicted molar refractivity (Wildman–Crippen MR) is 77.4 cm³/mol. The van der Waals surface area contributed by atoms with Crippen LogP contribution in [0.3, 0.4) is 0 Å². The van der Waals surface area contributed by atoms with E-state index in [2.05, 4.69) is 10.3 Å². The minimum absolute atomic E-state index is 0.0199. The summed E-state index contributed by atoms with van der Waals surface area (Å²) < 4.78 is 1.67. The predicted octanol–water partition coefficient (Wildman–Crippen LogP) is 1.11. The van der Waals surface area contributed by atoms with E-state index in [1.165, 1.54) is 0 Å². The Kier molecular flexibility index (Phi) is 4.76. The van der Waals surface area contributed by atoms with Gasteiger partial charge in [-0.3, -0.25) is 9.59 Å². The number of nitrogens with zero attached hydrogens (tertiary/aromatic N) is 2. The molecular formula is C14H22N4O2. The standard InChI is InChI=1S/C14H22N4O2/c1-2-8-18-9-7-16-13(14(18)20)17-11-5-3-10(4-6-11)12(15)19/h7,9-11H,2-6,8H2,1H3,(H2,15,19)(H,16,17). The van der Waals surface area contributed by atoms with E-state index in [0.29, 0.717) is 12.4 Å². The first-order valence-electron chi connectivity index (χ1n) is 7.23. The molecular weight excluding hydrogens is 256 g/mol. The quantitative estimate of drug-likeness (QED) is 0.844. The average molecular weight is 278 g/mol. The molecule has 6 nitrogen and oxygen atoms in total. The number of aromatic nitrogens is 2. The number of rotatable bonds is 5. The maximum atomic E-state index is 12.2. The molecule has 1 fully saturated rings. The van der Waals surface area contributed by atoms with Crippen molar-refractivity contribution in [1.82, 2.24) is 9.55 Å². The molecule has 1 heterocycles. The fraction of sp³-hybridized carbons (Fsp3) is 0.643. The summed E-state index contributed by atoms with van der Waals surface area (Å²) in [6, 6.07) is 0.197. The molecule has 1 aliphatic carbocycles. The summed E-state index contributed by atoms with van der Waals surface area (Å²) in [4.78, 5) is 27.4. The van der Waals surface area contributed by atoms with Crippen LogP contribution < -0.4 is 16.6 Å². The Balaban J connectivity index is 1.99. The van der Waals surface area contributed by atoms with Crippen LogP contribution >= 0.6 is 0 Å². The van der Waals surface area contributed by atoms with E-state index in [4.69, 9.17) is 5.73 Å². The molecule has 1 saturated carbocycles. The van der Waals surface area contributed by atoms with Crippen LogP contribution in [0.5, 0.6) is 0 Å². The first-order chi connectivity index (χ1) is 9.61. The molecule has 110 valence electrons. The minimum atomic E-state index is -0.216. The van der Waals surface area contributed by atoms with Crippen LogP contribution in [0.15, 0.2) is 17.2 Å². The van der Waals surface area contributed by atoms with Gasteiger partial charge in [-0.15, -0.1) is 0 Å². The third-order valence-corrected chi connectivity index (χ3v) is 3.85. The lowest BCUT2D eigenvalue weighted by molar-refractivity contribution is -0.122. The van der Waals surface area contributed by atoms with Crippen molar-refractivity contribution < 1.29 is 4.79 Å². The highest BCUT2D eigenvalue weighted by Gasteiger charge is 2.25. The van der Waals surface area contributed by atoms with Crippen LogP contribution in [-0.4, -0.2) is 21.5 Å². The maximum Gasteiger partial charge on any atom is 0.293 e. The first kappa shape index (κ1) is 14.6. The summed E-state index contributed by atoms with van der Waals surface area (Å²) in [6.07, 6.45) is 7.52. The first-order valence-corrected chi connectivity index (χ1v) is 7.23. The third-order valence-electron chi connectivity index (χ3n) is 3.85. The SMILES string of the molecule is CCCn1ccnc(NC2CCC(C(N)=O)CC2)c1=O. The van der Waals surface area contributed by atoms with Gasteiger partial charge in [-0.05, 0) is 32.1 Å². The summed E-state index contributed by atoms with van der Waals surface area (Å²) in [5.74, 6) is 0.170. The van der Waals surface area contributed by atoms with Gasteiger partial charge in [0.05, 0.1) is 0 Å². The summed E-state index contributed by atoms with van der Waals surface area (Å²) in [7, 11) is 0. The van der Waals surface area contributed by atoms with Gasteiger partial charge in [0.25, 0.3) is 5.56 Å². The zero-order valence-corrected chi connectivity index (χ0v) is 11.8. The van der Waals surface area contributed by atoms with E-state index < -0.39 is 0 Å². The molecule has 1 aromatic heterocycles. The number of aryl methyl sites for hydroxylation is 1. The third kappa shape index (κ3) is 3.37. The van der Waals surface area contributed by atoms with E-state index in [9.17, 15) is 9.59 Å². The van der Waals surface area contributed by atoms with Crippen molar-refractivity contribution in [3.63, 3.8) is 0 Å². The number of primary amides is 1. The summed E-state index contributed by atoms with van der Waals surface area (Å²) in [5, 5.41) is 3.21. The van der Waals surface area contributed by atoms with Gasteiger partial charge < -0.3 is 15.6 Å². The van der Waals surface area contributed by atoms with Crippen molar-refractivity contribution in [2.24, 2.45) is 11.7 Å². The topological polar surface area (TPSA) is 90.0 Å². The van der Waals surface area contributed by atoms with Crippen molar-refractivity contribution in [2.45, 2.75) is 51.6 Å². The zero-order chi connectivity index (χ0) is 14.5. The zero-order valence-electron chi connectivity index (χ0n) is 11.8. The largest absolute Gasteiger partial charge is 0.369 e. The van der Waals surface area contributed by atoms with Crippen molar-refractivity contribution in [2.75, 3.05) is 5.32 Å². The van der Waals surface area contributed by atoms with Gasteiger partial charge in [-0.25, -0.2) is 4.98 Å². The molecule has 3 N–H and O–H groups in total. The number of nitrogens with two attached hydrogens (primary N) is 1. The molecule has 1 amide bonds. The van der Waals surface area contributed by atoms with Crippen LogP contribution in [0.1, 0.15) is 39.0 Å². The lowest BCUT2D eigenvalue weighted by Gasteiger charge is -2.27. The van der Waals surface area contributed by atoms with Gasteiger partial charge in [-0.1, -0.05) is 6.92 Å². The molecule has 0 unspecified atom stereocenters. The fourth-order valence-electron chi connectivity index (χ4n) is 2.68. The second-order valence-corrected chi connectivity index (χ2v) is 5.37. The smallest absolute Gasteiger partial charge is 0.293 e. The number of carbonyl (C=O) groups is 1. The number of anilines is 1.